The fourth-order valence-electron chi connectivity index (χ4n) is 2.55. The lowest BCUT2D eigenvalue weighted by Crippen LogP contribution is -2.39. The summed E-state index contributed by atoms with van der Waals surface area (Å²) in [6.07, 6.45) is -0.709. The summed E-state index contributed by atoms with van der Waals surface area (Å²) >= 11 is 0. The van der Waals surface area contributed by atoms with Crippen molar-refractivity contribution in [2.24, 2.45) is 5.92 Å². The Morgan fingerprint density at radius 1 is 1.19 bits per heavy atom. The first kappa shape index (κ1) is 15.5. The van der Waals surface area contributed by atoms with E-state index in [1.54, 1.807) is 0 Å². The number of carboxylic acids is 1. The van der Waals surface area contributed by atoms with E-state index < -0.39 is 18.2 Å². The topological polar surface area (TPSA) is 75.6 Å². The maximum Gasteiger partial charge on any atom is 0.332 e. The minimum Gasteiger partial charge on any atom is -0.479 e. The zero-order valence-electron chi connectivity index (χ0n) is 12.3. The third kappa shape index (κ3) is 3.82. The summed E-state index contributed by atoms with van der Waals surface area (Å²) in [5, 5.41) is 11.9. The van der Waals surface area contributed by atoms with Gasteiger partial charge in [-0.15, -0.1) is 0 Å². The molecule has 2 N–H and O–H groups in total. The van der Waals surface area contributed by atoms with Crippen molar-refractivity contribution in [3.63, 3.8) is 0 Å². The van der Waals surface area contributed by atoms with Gasteiger partial charge in [-0.05, 0) is 24.3 Å². The molecule has 3 atom stereocenters. The minimum absolute atomic E-state index is 0.105. The number of rotatable bonds is 5. The molecular weight excluding hydrogens is 270 g/mol. The smallest absolute Gasteiger partial charge is 0.332 e. The molecule has 114 valence electrons. The number of amides is 1. The Morgan fingerprint density at radius 3 is 2.33 bits per heavy atom. The van der Waals surface area contributed by atoms with Crippen molar-refractivity contribution in [1.29, 1.82) is 0 Å². The van der Waals surface area contributed by atoms with Crippen molar-refractivity contribution >= 4 is 11.9 Å². The molecule has 5 nitrogen and oxygen atoms in total. The summed E-state index contributed by atoms with van der Waals surface area (Å²) in [6.45, 7) is 4.07. The van der Waals surface area contributed by atoms with Gasteiger partial charge in [0.2, 0.25) is 5.91 Å². The molecule has 1 aromatic carbocycles. The summed E-state index contributed by atoms with van der Waals surface area (Å²) in [5.74, 6) is -1.01. The van der Waals surface area contributed by atoms with E-state index >= 15 is 0 Å². The molecule has 1 unspecified atom stereocenters. The van der Waals surface area contributed by atoms with E-state index in [4.69, 9.17) is 9.84 Å². The van der Waals surface area contributed by atoms with Crippen LogP contribution in [-0.4, -0.2) is 29.2 Å². The Labute approximate surface area is 124 Å². The van der Waals surface area contributed by atoms with Crippen LogP contribution in [0.5, 0.6) is 0 Å². The second kappa shape index (κ2) is 6.72. The van der Waals surface area contributed by atoms with Gasteiger partial charge in [-0.1, -0.05) is 44.2 Å². The molecular formula is C16H21NO4. The SMILES string of the molecule is CC(C)C(NC(=O)[C@@H]1CC[C@H](C(=O)O)O1)c1ccccc1. The second-order valence-electron chi connectivity index (χ2n) is 5.67. The van der Waals surface area contributed by atoms with Crippen molar-refractivity contribution in [2.75, 3.05) is 0 Å². The number of carbonyl (C=O) groups is 2. The first-order valence-corrected chi connectivity index (χ1v) is 7.22. The maximum atomic E-state index is 12.3. The van der Waals surface area contributed by atoms with Crippen LogP contribution in [-0.2, 0) is 14.3 Å². The molecule has 1 aliphatic rings. The molecule has 0 radical (unpaired) electrons. The lowest BCUT2D eigenvalue weighted by Gasteiger charge is -2.24. The van der Waals surface area contributed by atoms with Gasteiger partial charge in [0.1, 0.15) is 6.10 Å². The van der Waals surface area contributed by atoms with Crippen LogP contribution in [0.25, 0.3) is 0 Å². The van der Waals surface area contributed by atoms with Crippen molar-refractivity contribution in [3.05, 3.63) is 35.9 Å². The summed E-state index contributed by atoms with van der Waals surface area (Å²) in [7, 11) is 0. The first-order chi connectivity index (χ1) is 9.99. The van der Waals surface area contributed by atoms with Crippen molar-refractivity contribution in [1.82, 2.24) is 5.32 Å². The highest BCUT2D eigenvalue weighted by atomic mass is 16.5. The number of carbonyl (C=O) groups excluding carboxylic acids is 1. The van der Waals surface area contributed by atoms with Crippen LogP contribution in [0.2, 0.25) is 0 Å². The van der Waals surface area contributed by atoms with Gasteiger partial charge in [0.25, 0.3) is 0 Å². The summed E-state index contributed by atoms with van der Waals surface area (Å²) in [5.41, 5.74) is 1.04. The van der Waals surface area contributed by atoms with Crippen LogP contribution in [0, 0.1) is 5.92 Å². The molecule has 2 rings (SSSR count). The molecule has 1 aliphatic heterocycles. The predicted octanol–water partition coefficient (Wildman–Crippen LogP) is 2.13. The highest BCUT2D eigenvalue weighted by Crippen LogP contribution is 2.24. The number of hydrogen-bond donors (Lipinski definition) is 2. The van der Waals surface area contributed by atoms with Gasteiger partial charge in [-0.2, -0.15) is 0 Å². The summed E-state index contributed by atoms with van der Waals surface area (Å²) in [4.78, 5) is 23.1. The van der Waals surface area contributed by atoms with E-state index in [9.17, 15) is 9.59 Å². The number of hydrogen-bond acceptors (Lipinski definition) is 3. The molecule has 1 heterocycles. The average Bonchev–Trinajstić information content (AvgIpc) is 2.95. The lowest BCUT2D eigenvalue weighted by atomic mass is 9.95. The Bertz CT molecular complexity index is 500. The van der Waals surface area contributed by atoms with Gasteiger partial charge < -0.3 is 15.2 Å². The van der Waals surface area contributed by atoms with Crippen molar-refractivity contribution in [2.45, 2.75) is 44.9 Å². The highest BCUT2D eigenvalue weighted by Gasteiger charge is 2.35. The average molecular weight is 291 g/mol. The molecule has 1 fully saturated rings. The third-order valence-electron chi connectivity index (χ3n) is 3.71. The Morgan fingerprint density at radius 2 is 1.81 bits per heavy atom. The first-order valence-electron chi connectivity index (χ1n) is 7.22. The Hall–Kier alpha value is -1.88. The normalized spacial score (nSPS) is 23.0. The number of ether oxygens (including phenoxy) is 1. The number of aliphatic carboxylic acids is 1. The zero-order valence-corrected chi connectivity index (χ0v) is 12.3. The second-order valence-corrected chi connectivity index (χ2v) is 5.67. The fourth-order valence-corrected chi connectivity index (χ4v) is 2.55. The number of carboxylic acid groups (broad SMARTS) is 1. The minimum atomic E-state index is -1.01. The standard InChI is InChI=1S/C16H21NO4/c1-10(2)14(11-6-4-3-5-7-11)17-15(18)12-8-9-13(21-12)16(19)20/h3-7,10,12-14H,8-9H2,1-2H3,(H,17,18)(H,19,20)/t12-,13+,14?/m0/s1. The number of benzene rings is 1. The van der Waals surface area contributed by atoms with Gasteiger partial charge in [0.05, 0.1) is 6.04 Å². The number of nitrogens with one attached hydrogen (secondary N) is 1. The molecule has 0 spiro atoms. The quantitative estimate of drug-likeness (QED) is 0.871. The van der Waals surface area contributed by atoms with E-state index in [1.165, 1.54) is 0 Å². The van der Waals surface area contributed by atoms with Crippen LogP contribution in [0.1, 0.15) is 38.3 Å². The van der Waals surface area contributed by atoms with Crippen LogP contribution in [0.3, 0.4) is 0 Å². The molecule has 0 bridgehead atoms. The van der Waals surface area contributed by atoms with Gasteiger partial charge in [-0.25, -0.2) is 4.79 Å². The maximum absolute atomic E-state index is 12.3. The van der Waals surface area contributed by atoms with E-state index in [1.807, 2.05) is 44.2 Å². The molecule has 1 amide bonds. The van der Waals surface area contributed by atoms with E-state index in [0.717, 1.165) is 5.56 Å². The van der Waals surface area contributed by atoms with Crippen LogP contribution in [0.15, 0.2) is 30.3 Å². The highest BCUT2D eigenvalue weighted by molar-refractivity contribution is 5.83. The van der Waals surface area contributed by atoms with Gasteiger partial charge in [0.15, 0.2) is 6.10 Å². The van der Waals surface area contributed by atoms with Gasteiger partial charge in [0, 0.05) is 0 Å². The van der Waals surface area contributed by atoms with E-state index in [-0.39, 0.29) is 17.9 Å². The zero-order chi connectivity index (χ0) is 15.4. The van der Waals surface area contributed by atoms with E-state index in [0.29, 0.717) is 12.8 Å². The monoisotopic (exact) mass is 291 g/mol. The van der Waals surface area contributed by atoms with Crippen LogP contribution >= 0.6 is 0 Å². The molecule has 1 aromatic rings. The molecule has 1 saturated heterocycles. The van der Waals surface area contributed by atoms with Crippen molar-refractivity contribution in [3.8, 4) is 0 Å². The fraction of sp³-hybridized carbons (Fsp3) is 0.500. The molecule has 0 aliphatic carbocycles. The predicted molar refractivity (Wildman–Crippen MR) is 77.7 cm³/mol. The molecule has 21 heavy (non-hydrogen) atoms. The lowest BCUT2D eigenvalue weighted by molar-refractivity contribution is -0.152. The Kier molecular flexibility index (Phi) is 4.96. The summed E-state index contributed by atoms with van der Waals surface area (Å²) < 4.78 is 5.29. The molecule has 0 aromatic heterocycles. The van der Waals surface area contributed by atoms with Gasteiger partial charge in [-0.3, -0.25) is 4.79 Å². The Balaban J connectivity index is 2.01. The largest absolute Gasteiger partial charge is 0.479 e. The van der Waals surface area contributed by atoms with Crippen LogP contribution < -0.4 is 5.32 Å². The third-order valence-corrected chi connectivity index (χ3v) is 3.71. The van der Waals surface area contributed by atoms with Crippen molar-refractivity contribution < 1.29 is 19.4 Å². The van der Waals surface area contributed by atoms with Gasteiger partial charge >= 0.3 is 5.97 Å². The van der Waals surface area contributed by atoms with E-state index in [2.05, 4.69) is 5.32 Å². The molecule has 0 saturated carbocycles. The van der Waals surface area contributed by atoms with Crippen LogP contribution in [0.4, 0.5) is 0 Å². The summed E-state index contributed by atoms with van der Waals surface area (Å²) in [6, 6.07) is 9.64. The molecule has 5 heteroatoms.